The Kier molecular flexibility index (Phi) is 2.83. The first-order chi connectivity index (χ1) is 4.42. The first-order valence-electron chi connectivity index (χ1n) is 2.70. The Labute approximate surface area is 57.2 Å². The van der Waals surface area contributed by atoms with E-state index < -0.39 is 10.9 Å². The Morgan fingerprint density at radius 3 is 1.90 bits per heavy atom. The van der Waals surface area contributed by atoms with Crippen LogP contribution >= 0.6 is 0 Å². The van der Waals surface area contributed by atoms with E-state index in [0.29, 0.717) is 0 Å². The molecule has 0 heterocycles. The van der Waals surface area contributed by atoms with E-state index in [1.54, 1.807) is 0 Å². The third-order valence-corrected chi connectivity index (χ3v) is 1.43. The number of hydrogen-bond acceptors (Lipinski definition) is 2. The van der Waals surface area contributed by atoms with Crippen LogP contribution in [0.25, 0.3) is 0 Å². The molecular formula is C5H9F3N2. The van der Waals surface area contributed by atoms with E-state index in [-0.39, 0.29) is 5.71 Å². The Balaban J connectivity index is 4.40. The fourth-order valence-electron chi connectivity index (χ4n) is 0.226. The van der Waals surface area contributed by atoms with Gasteiger partial charge in [0.25, 0.3) is 0 Å². The summed E-state index contributed by atoms with van der Waals surface area (Å²) in [7, 11) is 0. The second kappa shape index (κ2) is 3.01. The molecule has 0 saturated heterocycles. The fourth-order valence-corrected chi connectivity index (χ4v) is 0.226. The van der Waals surface area contributed by atoms with Crippen molar-refractivity contribution in [2.45, 2.75) is 26.3 Å². The van der Waals surface area contributed by atoms with Crippen molar-refractivity contribution >= 4 is 5.71 Å². The first-order valence-corrected chi connectivity index (χ1v) is 2.70. The van der Waals surface area contributed by atoms with Crippen LogP contribution in [-0.2, 0) is 0 Å². The van der Waals surface area contributed by atoms with Gasteiger partial charge in [0.05, 0.1) is 5.71 Å². The topological polar surface area (TPSA) is 15.6 Å². The molecule has 2 nitrogen and oxygen atoms in total. The number of nitrogens with zero attached hydrogens (tertiary/aromatic N) is 2. The molecule has 0 rings (SSSR count). The minimum absolute atomic E-state index is 0.252. The highest BCUT2D eigenvalue weighted by molar-refractivity contribution is 5.89. The number of hydrogen-bond donors (Lipinski definition) is 0. The van der Waals surface area contributed by atoms with Crippen LogP contribution in [0.2, 0.25) is 0 Å². The molecule has 0 aliphatic heterocycles. The number of rotatable bonds is 2. The molecule has 10 heavy (non-hydrogen) atoms. The third kappa shape index (κ3) is 1.70. The molecule has 0 aromatic carbocycles. The molecule has 5 heteroatoms. The molecule has 0 aliphatic carbocycles. The Morgan fingerprint density at radius 1 is 1.40 bits per heavy atom. The van der Waals surface area contributed by atoms with Gasteiger partial charge in [0, 0.05) is 5.34 Å². The van der Waals surface area contributed by atoms with Crippen molar-refractivity contribution in [1.82, 2.24) is 5.34 Å². The van der Waals surface area contributed by atoms with E-state index in [1.165, 1.54) is 20.8 Å². The second-order valence-electron chi connectivity index (χ2n) is 2.46. The highest BCUT2D eigenvalue weighted by atomic mass is 19.4. The second-order valence-corrected chi connectivity index (χ2v) is 2.46. The molecule has 0 atom stereocenters. The molecule has 0 radical (unpaired) electrons. The molecule has 0 spiro atoms. The molecule has 0 unspecified atom stereocenters. The average Bonchev–Trinajstić information content (AvgIpc) is 1.86. The summed E-state index contributed by atoms with van der Waals surface area (Å²) in [6.45, 7) is 3.54. The van der Waals surface area contributed by atoms with Crippen molar-refractivity contribution in [1.29, 1.82) is 0 Å². The summed E-state index contributed by atoms with van der Waals surface area (Å²) < 4.78 is 35.1. The molecule has 0 aromatic heterocycles. The van der Waals surface area contributed by atoms with Gasteiger partial charge in [-0.2, -0.15) is 0 Å². The van der Waals surface area contributed by atoms with Crippen molar-refractivity contribution < 1.29 is 13.4 Å². The predicted octanol–water partition coefficient (Wildman–Crippen LogP) is 2.18. The zero-order valence-corrected chi connectivity index (χ0v) is 6.03. The molecule has 0 aliphatic rings. The van der Waals surface area contributed by atoms with Gasteiger partial charge in [-0.15, -0.1) is 8.96 Å². The van der Waals surface area contributed by atoms with Gasteiger partial charge in [-0.1, -0.05) is 9.70 Å². The van der Waals surface area contributed by atoms with Crippen LogP contribution in [0.3, 0.4) is 0 Å². The van der Waals surface area contributed by atoms with E-state index >= 15 is 0 Å². The van der Waals surface area contributed by atoms with E-state index in [9.17, 15) is 13.4 Å². The standard InChI is InChI=1S/C5H9F3N2/c1-4(9-6)5(2,3)10(7)8/h1-3H3. The third-order valence-electron chi connectivity index (χ3n) is 1.43. The predicted molar refractivity (Wildman–Crippen MR) is 32.4 cm³/mol. The smallest absolute Gasteiger partial charge is 0.101 e. The monoisotopic (exact) mass is 154 g/mol. The summed E-state index contributed by atoms with van der Waals surface area (Å²) in [6.07, 6.45) is 0. The lowest BCUT2D eigenvalue weighted by atomic mass is 10.0. The van der Waals surface area contributed by atoms with Crippen LogP contribution in [0.4, 0.5) is 13.4 Å². The molecule has 0 saturated carbocycles. The van der Waals surface area contributed by atoms with Crippen molar-refractivity contribution in [2.75, 3.05) is 0 Å². The molecule has 0 amide bonds. The summed E-state index contributed by atoms with van der Waals surface area (Å²) in [5.74, 6) is 0. The van der Waals surface area contributed by atoms with Crippen LogP contribution < -0.4 is 0 Å². The van der Waals surface area contributed by atoms with Crippen molar-refractivity contribution in [3.8, 4) is 0 Å². The summed E-state index contributed by atoms with van der Waals surface area (Å²) in [5.41, 5.74) is -1.87. The SMILES string of the molecule is CC(=NF)C(C)(C)N(F)F. The van der Waals surface area contributed by atoms with E-state index in [4.69, 9.17) is 0 Å². The average molecular weight is 154 g/mol. The van der Waals surface area contributed by atoms with Crippen LogP contribution in [0.1, 0.15) is 20.8 Å². The quantitative estimate of drug-likeness (QED) is 0.439. The lowest BCUT2D eigenvalue weighted by molar-refractivity contribution is -0.198. The maximum absolute atomic E-state index is 11.8. The zero-order valence-electron chi connectivity index (χ0n) is 6.03. The highest BCUT2D eigenvalue weighted by Gasteiger charge is 2.31. The number of halogens is 3. The summed E-state index contributed by atoms with van der Waals surface area (Å²) in [5, 5.41) is 1.10. The minimum Gasteiger partial charge on any atom is -0.101 e. The molecular weight excluding hydrogens is 145 g/mol. The van der Waals surface area contributed by atoms with Crippen molar-refractivity contribution in [3.05, 3.63) is 0 Å². The molecule has 0 N–H and O–H groups in total. The van der Waals surface area contributed by atoms with Gasteiger partial charge in [0.15, 0.2) is 0 Å². The van der Waals surface area contributed by atoms with Crippen molar-refractivity contribution in [3.63, 3.8) is 0 Å². The van der Waals surface area contributed by atoms with Gasteiger partial charge in [-0.05, 0) is 20.8 Å². The molecule has 0 fully saturated rings. The van der Waals surface area contributed by atoms with Gasteiger partial charge in [-0.3, -0.25) is 0 Å². The lowest BCUT2D eigenvalue weighted by Crippen LogP contribution is -2.39. The van der Waals surface area contributed by atoms with Crippen LogP contribution in [0, 0.1) is 0 Å². The maximum Gasteiger partial charge on any atom is 0.118 e. The maximum atomic E-state index is 11.8. The van der Waals surface area contributed by atoms with Crippen LogP contribution in [0.5, 0.6) is 0 Å². The summed E-state index contributed by atoms with van der Waals surface area (Å²) >= 11 is 0. The molecule has 0 bridgehead atoms. The van der Waals surface area contributed by atoms with E-state index in [1.807, 2.05) is 0 Å². The normalized spacial score (nSPS) is 14.5. The molecule has 60 valence electrons. The van der Waals surface area contributed by atoms with E-state index in [2.05, 4.69) is 5.21 Å². The largest absolute Gasteiger partial charge is 0.118 e. The first kappa shape index (κ1) is 9.42. The zero-order chi connectivity index (χ0) is 8.36. The minimum atomic E-state index is -1.62. The van der Waals surface area contributed by atoms with Crippen LogP contribution in [0.15, 0.2) is 5.21 Å². The van der Waals surface area contributed by atoms with Gasteiger partial charge < -0.3 is 0 Å². The highest BCUT2D eigenvalue weighted by Crippen LogP contribution is 2.17. The van der Waals surface area contributed by atoms with Gasteiger partial charge in [0.1, 0.15) is 5.54 Å². The van der Waals surface area contributed by atoms with Gasteiger partial charge in [0.2, 0.25) is 0 Å². The Morgan fingerprint density at radius 2 is 1.80 bits per heavy atom. The van der Waals surface area contributed by atoms with Crippen molar-refractivity contribution in [2.24, 2.45) is 5.21 Å². The summed E-state index contributed by atoms with van der Waals surface area (Å²) in [6, 6.07) is 0. The fraction of sp³-hybridized carbons (Fsp3) is 0.800. The summed E-state index contributed by atoms with van der Waals surface area (Å²) in [4.78, 5) is 0. The van der Waals surface area contributed by atoms with Gasteiger partial charge in [-0.25, -0.2) is 0 Å². The van der Waals surface area contributed by atoms with Crippen LogP contribution in [-0.4, -0.2) is 16.6 Å². The van der Waals surface area contributed by atoms with Gasteiger partial charge >= 0.3 is 0 Å². The Hall–Kier alpha value is -0.580. The Bertz CT molecular complexity index is 142. The van der Waals surface area contributed by atoms with E-state index in [0.717, 1.165) is 0 Å². The molecule has 0 aromatic rings. The lowest BCUT2D eigenvalue weighted by Gasteiger charge is -2.22.